The first-order valence-corrected chi connectivity index (χ1v) is 12.2. The third kappa shape index (κ3) is 5.67. The van der Waals surface area contributed by atoms with Crippen LogP contribution in [0.2, 0.25) is 0 Å². The Balaban J connectivity index is 1.33. The fraction of sp³-hybridized carbons (Fsp3) is 0.143. The Morgan fingerprint density at radius 3 is 2.38 bits per heavy atom. The molecule has 0 aliphatic heterocycles. The van der Waals surface area contributed by atoms with Crippen LogP contribution in [0.5, 0.6) is 0 Å². The lowest BCUT2D eigenvalue weighted by Crippen LogP contribution is -2.21. The van der Waals surface area contributed by atoms with Crippen molar-refractivity contribution in [2.75, 3.05) is 16.0 Å². The molecule has 0 radical (unpaired) electrons. The number of anilines is 4. The summed E-state index contributed by atoms with van der Waals surface area (Å²) in [5.74, 6) is 1.06. The predicted octanol–water partition coefficient (Wildman–Crippen LogP) is 6.41. The lowest BCUT2D eigenvalue weighted by molar-refractivity contribution is -0.384. The molecule has 39 heavy (non-hydrogen) atoms. The minimum atomic E-state index is -0.482. The molecule has 5 aromatic rings. The molecule has 0 aliphatic rings. The van der Waals surface area contributed by atoms with Crippen molar-refractivity contribution in [1.82, 2.24) is 19.7 Å². The maximum Gasteiger partial charge on any atom is 0.324 e. The first kappa shape index (κ1) is 25.3. The van der Waals surface area contributed by atoms with Gasteiger partial charge in [-0.05, 0) is 42.5 Å². The highest BCUT2D eigenvalue weighted by molar-refractivity contribution is 5.99. The highest BCUT2D eigenvalue weighted by atomic mass is 16.6. The number of para-hydroxylation sites is 1. The van der Waals surface area contributed by atoms with Crippen molar-refractivity contribution in [2.45, 2.75) is 26.2 Å². The van der Waals surface area contributed by atoms with Crippen molar-refractivity contribution in [3.8, 4) is 5.69 Å². The van der Waals surface area contributed by atoms with E-state index in [-0.39, 0.29) is 11.1 Å². The van der Waals surface area contributed by atoms with Crippen LogP contribution in [0.1, 0.15) is 26.5 Å². The monoisotopic (exact) mass is 522 g/mol. The maximum atomic E-state index is 12.9. The molecule has 0 unspecified atom stereocenters. The number of nitrogens with one attached hydrogen (secondary N) is 3. The number of nitro benzene ring substituents is 1. The van der Waals surface area contributed by atoms with Crippen molar-refractivity contribution >= 4 is 45.6 Å². The van der Waals surface area contributed by atoms with Crippen LogP contribution in [-0.4, -0.2) is 30.7 Å². The predicted molar refractivity (Wildman–Crippen MR) is 151 cm³/mol. The average molecular weight is 523 g/mol. The molecule has 5 rings (SSSR count). The van der Waals surface area contributed by atoms with Crippen LogP contribution < -0.4 is 16.0 Å². The van der Waals surface area contributed by atoms with E-state index < -0.39 is 11.0 Å². The summed E-state index contributed by atoms with van der Waals surface area (Å²) in [6, 6.07) is 22.3. The Bertz CT molecular complexity index is 1670. The fourth-order valence-electron chi connectivity index (χ4n) is 3.93. The third-order valence-corrected chi connectivity index (χ3v) is 5.95. The van der Waals surface area contributed by atoms with E-state index in [1.807, 2.05) is 57.2 Å². The summed E-state index contributed by atoms with van der Waals surface area (Å²) < 4.78 is 1.49. The van der Waals surface area contributed by atoms with Crippen molar-refractivity contribution < 1.29 is 9.72 Å². The van der Waals surface area contributed by atoms with Crippen molar-refractivity contribution in [3.63, 3.8) is 0 Å². The summed E-state index contributed by atoms with van der Waals surface area (Å²) in [4.78, 5) is 32.3. The quantitative estimate of drug-likeness (QED) is 0.173. The van der Waals surface area contributed by atoms with Gasteiger partial charge in [0.15, 0.2) is 0 Å². The number of nitro groups is 1. The largest absolute Gasteiger partial charge is 0.340 e. The second kappa shape index (κ2) is 10.2. The van der Waals surface area contributed by atoms with E-state index in [0.717, 1.165) is 22.3 Å². The van der Waals surface area contributed by atoms with Gasteiger partial charge in [0.1, 0.15) is 18.0 Å². The molecule has 0 fully saturated rings. The van der Waals surface area contributed by atoms with Crippen LogP contribution in [0.25, 0.3) is 16.6 Å². The van der Waals surface area contributed by atoms with Crippen LogP contribution in [0.4, 0.5) is 33.5 Å². The molecule has 3 N–H and O–H groups in total. The van der Waals surface area contributed by atoms with Gasteiger partial charge in [-0.15, -0.1) is 0 Å². The molecule has 0 atom stereocenters. The summed E-state index contributed by atoms with van der Waals surface area (Å²) in [5, 5.41) is 25.7. The fourth-order valence-corrected chi connectivity index (χ4v) is 3.93. The van der Waals surface area contributed by atoms with Gasteiger partial charge in [0.25, 0.3) is 5.69 Å². The van der Waals surface area contributed by atoms with Gasteiger partial charge in [-0.3, -0.25) is 15.4 Å². The zero-order valence-corrected chi connectivity index (χ0v) is 21.5. The molecular weight excluding hydrogens is 496 g/mol. The first-order chi connectivity index (χ1) is 18.7. The van der Waals surface area contributed by atoms with Crippen molar-refractivity contribution in [3.05, 3.63) is 101 Å². The van der Waals surface area contributed by atoms with E-state index in [9.17, 15) is 14.9 Å². The molecule has 2 heterocycles. The van der Waals surface area contributed by atoms with E-state index >= 15 is 0 Å². The second-order valence-corrected chi connectivity index (χ2v) is 9.87. The Morgan fingerprint density at radius 2 is 1.64 bits per heavy atom. The topological polar surface area (TPSA) is 140 Å². The molecule has 0 saturated carbocycles. The minimum absolute atomic E-state index is 0.0700. The number of hydrogen-bond acceptors (Lipinski definition) is 7. The number of carbonyl (C=O) groups excluding carboxylic acids is 1. The van der Waals surface area contributed by atoms with Crippen molar-refractivity contribution in [2.24, 2.45) is 0 Å². The number of urea groups is 1. The van der Waals surface area contributed by atoms with Gasteiger partial charge in [-0.2, -0.15) is 5.10 Å². The number of aromatic nitrogens is 4. The van der Waals surface area contributed by atoms with E-state index in [4.69, 9.17) is 0 Å². The maximum absolute atomic E-state index is 12.9. The van der Waals surface area contributed by atoms with Gasteiger partial charge in [0.05, 0.1) is 21.8 Å². The molecule has 0 saturated heterocycles. The molecule has 11 heteroatoms. The van der Waals surface area contributed by atoms with Gasteiger partial charge in [-0.25, -0.2) is 19.4 Å². The summed E-state index contributed by atoms with van der Waals surface area (Å²) in [6.07, 6.45) is 1.51. The number of nitrogens with zero attached hydrogens (tertiary/aromatic N) is 5. The molecule has 0 aliphatic carbocycles. The lowest BCUT2D eigenvalue weighted by atomic mass is 9.92. The molecule has 11 nitrogen and oxygen atoms in total. The van der Waals surface area contributed by atoms with E-state index in [0.29, 0.717) is 23.0 Å². The summed E-state index contributed by atoms with van der Waals surface area (Å²) in [7, 11) is 0. The Morgan fingerprint density at radius 1 is 0.897 bits per heavy atom. The smallest absolute Gasteiger partial charge is 0.324 e. The normalized spacial score (nSPS) is 11.3. The van der Waals surface area contributed by atoms with Gasteiger partial charge < -0.3 is 10.6 Å². The number of rotatable bonds is 6. The molecule has 3 aromatic carbocycles. The Labute approximate surface area is 224 Å². The molecule has 0 bridgehead atoms. The number of non-ortho nitro benzene ring substituents is 1. The number of hydrogen-bond donors (Lipinski definition) is 3. The number of amides is 2. The van der Waals surface area contributed by atoms with E-state index in [1.54, 1.807) is 30.3 Å². The highest BCUT2D eigenvalue weighted by Gasteiger charge is 2.22. The summed E-state index contributed by atoms with van der Waals surface area (Å²) in [5.41, 5.74) is 3.01. The van der Waals surface area contributed by atoms with Crippen LogP contribution >= 0.6 is 0 Å². The van der Waals surface area contributed by atoms with Crippen LogP contribution in [0.3, 0.4) is 0 Å². The molecule has 196 valence electrons. The van der Waals surface area contributed by atoms with Crippen LogP contribution in [0, 0.1) is 10.1 Å². The summed E-state index contributed by atoms with van der Waals surface area (Å²) >= 11 is 0. The number of carbonyl (C=O) groups is 1. The van der Waals surface area contributed by atoms with Crippen LogP contribution in [0.15, 0.2) is 85.2 Å². The van der Waals surface area contributed by atoms with Gasteiger partial charge in [-0.1, -0.05) is 39.0 Å². The van der Waals surface area contributed by atoms with Gasteiger partial charge in [0, 0.05) is 40.4 Å². The molecule has 2 amide bonds. The first-order valence-electron chi connectivity index (χ1n) is 12.2. The highest BCUT2D eigenvalue weighted by Crippen LogP contribution is 2.28. The zero-order valence-electron chi connectivity index (χ0n) is 21.5. The number of fused-ring (bicyclic) bond motifs is 1. The van der Waals surface area contributed by atoms with Gasteiger partial charge in [0.2, 0.25) is 0 Å². The van der Waals surface area contributed by atoms with Crippen molar-refractivity contribution in [1.29, 1.82) is 0 Å². The SMILES string of the molecule is CC(C)(C)c1cc(NC(=O)Nc2ccc(Nc3ncnc4ccccc34)cc2)n(-c2cccc([N+](=O)[O-])c2)n1. The Hall–Kier alpha value is -5.32. The lowest BCUT2D eigenvalue weighted by Gasteiger charge is -2.14. The van der Waals surface area contributed by atoms with E-state index in [1.165, 1.54) is 23.1 Å². The summed E-state index contributed by atoms with van der Waals surface area (Å²) in [6.45, 7) is 5.99. The van der Waals surface area contributed by atoms with Crippen LogP contribution in [-0.2, 0) is 5.41 Å². The molecular formula is C28H26N8O3. The number of benzene rings is 3. The Kier molecular flexibility index (Phi) is 6.63. The molecule has 0 spiro atoms. The average Bonchev–Trinajstić information content (AvgIpc) is 3.34. The van der Waals surface area contributed by atoms with E-state index in [2.05, 4.69) is 31.0 Å². The second-order valence-electron chi connectivity index (χ2n) is 9.87. The zero-order chi connectivity index (χ0) is 27.6. The third-order valence-electron chi connectivity index (χ3n) is 5.95. The minimum Gasteiger partial charge on any atom is -0.340 e. The standard InChI is InChI=1S/C28H26N8O3/c1-28(2,3)24-16-25(35(34-24)20-7-6-8-21(15-20)36(38)39)33-27(37)32-19-13-11-18(12-14-19)31-26-22-9-4-5-10-23(22)29-17-30-26/h4-17H,1-3H3,(H,29,30,31)(H2,32,33,37). The van der Waals surface area contributed by atoms with Gasteiger partial charge >= 0.3 is 6.03 Å². The molecule has 2 aromatic heterocycles.